The summed E-state index contributed by atoms with van der Waals surface area (Å²) in [4.78, 5) is 10.9. The zero-order chi connectivity index (χ0) is 9.68. The molecule has 1 rings (SSSR count). The second-order valence-corrected chi connectivity index (χ2v) is 3.08. The minimum absolute atomic E-state index is 0.0359. The van der Waals surface area contributed by atoms with E-state index in [0.29, 0.717) is 12.1 Å². The SMILES string of the molecule is CC/C=C(\C(=O)O)C1CNCCN1. The summed E-state index contributed by atoms with van der Waals surface area (Å²) in [5.41, 5.74) is 0.481. The van der Waals surface area contributed by atoms with E-state index < -0.39 is 5.97 Å². The van der Waals surface area contributed by atoms with Crippen LogP contribution in [0.15, 0.2) is 11.6 Å². The Morgan fingerprint density at radius 1 is 1.62 bits per heavy atom. The van der Waals surface area contributed by atoms with Crippen molar-refractivity contribution in [3.63, 3.8) is 0 Å². The maximum atomic E-state index is 10.9. The zero-order valence-corrected chi connectivity index (χ0v) is 7.84. The van der Waals surface area contributed by atoms with Crippen LogP contribution in [0.2, 0.25) is 0 Å². The number of nitrogens with one attached hydrogen (secondary N) is 2. The van der Waals surface area contributed by atoms with Gasteiger partial charge in [0.15, 0.2) is 0 Å². The van der Waals surface area contributed by atoms with Crippen LogP contribution in [0.3, 0.4) is 0 Å². The minimum atomic E-state index is -0.817. The number of piperazine rings is 1. The molecule has 13 heavy (non-hydrogen) atoms. The lowest BCUT2D eigenvalue weighted by molar-refractivity contribution is -0.133. The standard InChI is InChI=1S/C9H16N2O2/c1-2-3-7(9(12)13)8-6-10-4-5-11-8/h3,8,10-11H,2,4-6H2,1H3,(H,12,13)/b7-3-. The predicted octanol–water partition coefficient (Wildman–Crippen LogP) is -0.0312. The Kier molecular flexibility index (Phi) is 3.92. The molecule has 0 aromatic carbocycles. The fraction of sp³-hybridized carbons (Fsp3) is 0.667. The van der Waals surface area contributed by atoms with Crippen molar-refractivity contribution in [2.45, 2.75) is 19.4 Å². The quantitative estimate of drug-likeness (QED) is 0.539. The van der Waals surface area contributed by atoms with E-state index in [4.69, 9.17) is 5.11 Å². The third kappa shape index (κ3) is 2.82. The van der Waals surface area contributed by atoms with Gasteiger partial charge in [-0.3, -0.25) is 0 Å². The van der Waals surface area contributed by atoms with Crippen LogP contribution in [0.25, 0.3) is 0 Å². The summed E-state index contributed by atoms with van der Waals surface area (Å²) in [6.07, 6.45) is 2.53. The number of carbonyl (C=O) groups is 1. The van der Waals surface area contributed by atoms with Crippen LogP contribution < -0.4 is 10.6 Å². The Morgan fingerprint density at radius 2 is 2.38 bits per heavy atom. The predicted molar refractivity (Wildman–Crippen MR) is 50.7 cm³/mol. The third-order valence-corrected chi connectivity index (χ3v) is 2.09. The summed E-state index contributed by atoms with van der Waals surface area (Å²) < 4.78 is 0. The van der Waals surface area contributed by atoms with E-state index in [2.05, 4.69) is 10.6 Å². The summed E-state index contributed by atoms with van der Waals surface area (Å²) >= 11 is 0. The van der Waals surface area contributed by atoms with Gasteiger partial charge in [0.25, 0.3) is 0 Å². The first-order valence-electron chi connectivity index (χ1n) is 4.63. The molecule has 0 amide bonds. The topological polar surface area (TPSA) is 61.4 Å². The van der Waals surface area contributed by atoms with Crippen molar-refractivity contribution in [3.8, 4) is 0 Å². The Hall–Kier alpha value is -0.870. The van der Waals surface area contributed by atoms with Crippen LogP contribution >= 0.6 is 0 Å². The maximum Gasteiger partial charge on any atom is 0.332 e. The molecule has 1 fully saturated rings. The highest BCUT2D eigenvalue weighted by atomic mass is 16.4. The van der Waals surface area contributed by atoms with Crippen LogP contribution in [0, 0.1) is 0 Å². The molecule has 1 atom stereocenters. The van der Waals surface area contributed by atoms with Crippen LogP contribution in [-0.4, -0.2) is 36.8 Å². The lowest BCUT2D eigenvalue weighted by Gasteiger charge is -2.24. The van der Waals surface area contributed by atoms with E-state index in [0.717, 1.165) is 19.5 Å². The van der Waals surface area contributed by atoms with E-state index in [9.17, 15) is 4.79 Å². The van der Waals surface area contributed by atoms with Gasteiger partial charge < -0.3 is 15.7 Å². The highest BCUT2D eigenvalue weighted by molar-refractivity contribution is 5.88. The van der Waals surface area contributed by atoms with Gasteiger partial charge in [0.1, 0.15) is 0 Å². The molecule has 0 radical (unpaired) electrons. The average molecular weight is 184 g/mol. The van der Waals surface area contributed by atoms with Crippen LogP contribution in [0.1, 0.15) is 13.3 Å². The van der Waals surface area contributed by atoms with Gasteiger partial charge >= 0.3 is 5.97 Å². The Morgan fingerprint density at radius 3 is 2.85 bits per heavy atom. The highest BCUT2D eigenvalue weighted by Gasteiger charge is 2.21. The minimum Gasteiger partial charge on any atom is -0.478 e. The molecule has 0 saturated carbocycles. The Balaban J connectivity index is 2.63. The van der Waals surface area contributed by atoms with Crippen LogP contribution in [0.4, 0.5) is 0 Å². The van der Waals surface area contributed by atoms with Gasteiger partial charge in [-0.15, -0.1) is 0 Å². The monoisotopic (exact) mass is 184 g/mol. The lowest BCUT2D eigenvalue weighted by atomic mass is 10.0. The van der Waals surface area contributed by atoms with Gasteiger partial charge in [-0.1, -0.05) is 13.0 Å². The molecule has 0 spiro atoms. The molecule has 0 aromatic rings. The second-order valence-electron chi connectivity index (χ2n) is 3.08. The van der Waals surface area contributed by atoms with E-state index in [1.165, 1.54) is 0 Å². The van der Waals surface area contributed by atoms with E-state index in [-0.39, 0.29) is 6.04 Å². The molecule has 4 nitrogen and oxygen atoms in total. The Bertz CT molecular complexity index is 208. The second kappa shape index (κ2) is 4.99. The first-order valence-corrected chi connectivity index (χ1v) is 4.63. The summed E-state index contributed by atoms with van der Waals surface area (Å²) in [6, 6.07) is -0.0359. The van der Waals surface area contributed by atoms with Crippen LogP contribution in [0.5, 0.6) is 0 Å². The van der Waals surface area contributed by atoms with Crippen molar-refractivity contribution < 1.29 is 9.90 Å². The molecule has 1 aliphatic rings. The fourth-order valence-electron chi connectivity index (χ4n) is 1.47. The maximum absolute atomic E-state index is 10.9. The first-order chi connectivity index (χ1) is 6.25. The van der Waals surface area contributed by atoms with Crippen molar-refractivity contribution in [1.29, 1.82) is 0 Å². The molecule has 74 valence electrons. The molecular formula is C9H16N2O2. The number of hydrogen-bond acceptors (Lipinski definition) is 3. The lowest BCUT2D eigenvalue weighted by Crippen LogP contribution is -2.50. The highest BCUT2D eigenvalue weighted by Crippen LogP contribution is 2.05. The normalized spacial score (nSPS) is 24.4. The number of allylic oxidation sites excluding steroid dienone is 1. The largest absolute Gasteiger partial charge is 0.478 e. The summed E-state index contributed by atoms with van der Waals surface area (Å²) in [7, 11) is 0. The smallest absolute Gasteiger partial charge is 0.332 e. The molecule has 0 bridgehead atoms. The van der Waals surface area contributed by atoms with Crippen LogP contribution in [-0.2, 0) is 4.79 Å². The summed E-state index contributed by atoms with van der Waals surface area (Å²) in [5, 5.41) is 15.3. The van der Waals surface area contributed by atoms with Crippen molar-refractivity contribution in [3.05, 3.63) is 11.6 Å². The number of rotatable bonds is 3. The van der Waals surface area contributed by atoms with Gasteiger partial charge in [-0.05, 0) is 6.42 Å². The van der Waals surface area contributed by atoms with Gasteiger partial charge in [-0.2, -0.15) is 0 Å². The van der Waals surface area contributed by atoms with Crippen molar-refractivity contribution >= 4 is 5.97 Å². The average Bonchev–Trinajstić information content (AvgIpc) is 2.15. The molecule has 1 aliphatic heterocycles. The van der Waals surface area contributed by atoms with E-state index in [1.54, 1.807) is 6.08 Å². The van der Waals surface area contributed by atoms with Crippen molar-refractivity contribution in [2.24, 2.45) is 0 Å². The van der Waals surface area contributed by atoms with Gasteiger partial charge in [0.05, 0.1) is 11.6 Å². The molecule has 1 unspecified atom stereocenters. The number of carboxylic acids is 1. The molecular weight excluding hydrogens is 168 g/mol. The summed E-state index contributed by atoms with van der Waals surface area (Å²) in [6.45, 7) is 4.39. The van der Waals surface area contributed by atoms with Gasteiger partial charge in [0.2, 0.25) is 0 Å². The summed E-state index contributed by atoms with van der Waals surface area (Å²) in [5.74, 6) is -0.817. The third-order valence-electron chi connectivity index (χ3n) is 2.09. The molecule has 1 heterocycles. The first kappa shape index (κ1) is 10.2. The molecule has 1 saturated heterocycles. The number of aliphatic carboxylic acids is 1. The molecule has 4 heteroatoms. The van der Waals surface area contributed by atoms with Crippen molar-refractivity contribution in [2.75, 3.05) is 19.6 Å². The zero-order valence-electron chi connectivity index (χ0n) is 7.84. The molecule has 0 aliphatic carbocycles. The van der Waals surface area contributed by atoms with Gasteiger partial charge in [0, 0.05) is 19.6 Å². The van der Waals surface area contributed by atoms with E-state index in [1.807, 2.05) is 6.92 Å². The van der Waals surface area contributed by atoms with Crippen molar-refractivity contribution in [1.82, 2.24) is 10.6 Å². The number of hydrogen-bond donors (Lipinski definition) is 3. The number of carboxylic acid groups (broad SMARTS) is 1. The Labute approximate surface area is 78.0 Å². The molecule has 3 N–H and O–H groups in total. The fourth-order valence-corrected chi connectivity index (χ4v) is 1.47. The van der Waals surface area contributed by atoms with Gasteiger partial charge in [-0.25, -0.2) is 4.79 Å². The molecule has 0 aromatic heterocycles. The van der Waals surface area contributed by atoms with E-state index >= 15 is 0 Å².